The molecule has 5 rings (SSSR count). The highest BCUT2D eigenvalue weighted by molar-refractivity contribution is 5.85. The first-order valence-corrected chi connectivity index (χ1v) is 14.7. The second kappa shape index (κ2) is 12.1. The monoisotopic (exact) mass is 528 g/mol. The lowest BCUT2D eigenvalue weighted by Crippen LogP contribution is -2.23. The van der Waals surface area contributed by atoms with E-state index in [1.54, 1.807) is 0 Å². The van der Waals surface area contributed by atoms with Crippen molar-refractivity contribution < 1.29 is 9.47 Å². The lowest BCUT2D eigenvalue weighted by molar-refractivity contribution is -0.0136. The Hall–Kier alpha value is -2.96. The molecule has 1 aliphatic heterocycles. The van der Waals surface area contributed by atoms with Gasteiger partial charge in [0.05, 0.1) is 41.6 Å². The van der Waals surface area contributed by atoms with Crippen LogP contribution in [0.2, 0.25) is 0 Å². The van der Waals surface area contributed by atoms with Gasteiger partial charge in [-0.15, -0.1) is 0 Å². The summed E-state index contributed by atoms with van der Waals surface area (Å²) in [6.07, 6.45) is 11.1. The molecule has 4 heterocycles. The van der Waals surface area contributed by atoms with Gasteiger partial charge in [0.1, 0.15) is 0 Å². The first kappa shape index (κ1) is 27.6. The smallest absolute Gasteiger partial charge is 0.213 e. The zero-order valence-electron chi connectivity index (χ0n) is 24.5. The van der Waals surface area contributed by atoms with Crippen LogP contribution in [0.15, 0.2) is 42.7 Å². The van der Waals surface area contributed by atoms with Gasteiger partial charge in [-0.05, 0) is 102 Å². The van der Waals surface area contributed by atoms with Crippen LogP contribution in [0.1, 0.15) is 75.6 Å². The SMILES string of the molecule is CCc1c(C)c(C2CCC[C@@H](C)O[C@@H](C)C2)n2c1cnc1ccc(-c3ccc(OCCCN(C)C)nc3)cc12. The van der Waals surface area contributed by atoms with Gasteiger partial charge in [0.25, 0.3) is 0 Å². The summed E-state index contributed by atoms with van der Waals surface area (Å²) < 4.78 is 14.7. The number of hydrogen-bond donors (Lipinski definition) is 0. The maximum Gasteiger partial charge on any atom is 0.213 e. The van der Waals surface area contributed by atoms with E-state index < -0.39 is 0 Å². The molecule has 1 unspecified atom stereocenters. The van der Waals surface area contributed by atoms with Gasteiger partial charge in [0, 0.05) is 36.0 Å². The molecule has 0 spiro atoms. The van der Waals surface area contributed by atoms with Gasteiger partial charge in [-0.25, -0.2) is 4.98 Å². The van der Waals surface area contributed by atoms with E-state index in [0.29, 0.717) is 24.5 Å². The lowest BCUT2D eigenvalue weighted by Gasteiger charge is -2.29. The summed E-state index contributed by atoms with van der Waals surface area (Å²) in [6.45, 7) is 10.7. The van der Waals surface area contributed by atoms with Crippen molar-refractivity contribution in [3.63, 3.8) is 0 Å². The summed E-state index contributed by atoms with van der Waals surface area (Å²) in [6, 6.07) is 10.7. The molecule has 208 valence electrons. The Morgan fingerprint density at radius 3 is 2.56 bits per heavy atom. The highest BCUT2D eigenvalue weighted by Gasteiger charge is 2.27. The fourth-order valence-corrected chi connectivity index (χ4v) is 6.36. The third-order valence-electron chi connectivity index (χ3n) is 8.22. The van der Waals surface area contributed by atoms with Gasteiger partial charge in [0.15, 0.2) is 0 Å². The Morgan fingerprint density at radius 2 is 1.82 bits per heavy atom. The van der Waals surface area contributed by atoms with Crippen LogP contribution in [0.3, 0.4) is 0 Å². The van der Waals surface area contributed by atoms with Gasteiger partial charge in [-0.1, -0.05) is 19.4 Å². The summed E-state index contributed by atoms with van der Waals surface area (Å²) in [5, 5.41) is 0. The third kappa shape index (κ3) is 5.97. The molecule has 3 aromatic heterocycles. The number of benzene rings is 1. The fourth-order valence-electron chi connectivity index (χ4n) is 6.36. The number of aryl methyl sites for hydroxylation is 1. The van der Waals surface area contributed by atoms with Crippen LogP contribution >= 0.6 is 0 Å². The molecule has 0 amide bonds. The average molecular weight is 529 g/mol. The van der Waals surface area contributed by atoms with Crippen LogP contribution in [0, 0.1) is 6.92 Å². The molecule has 0 radical (unpaired) electrons. The average Bonchev–Trinajstić information content (AvgIpc) is 3.20. The number of pyridine rings is 1. The zero-order valence-corrected chi connectivity index (χ0v) is 24.5. The Labute approximate surface area is 233 Å². The molecule has 1 fully saturated rings. The summed E-state index contributed by atoms with van der Waals surface area (Å²) in [5.74, 6) is 1.13. The number of fused-ring (bicyclic) bond motifs is 3. The van der Waals surface area contributed by atoms with E-state index in [-0.39, 0.29) is 6.10 Å². The molecular formula is C33H44N4O2. The molecule has 6 heteroatoms. The number of rotatable bonds is 8. The van der Waals surface area contributed by atoms with Crippen LogP contribution in [-0.4, -0.2) is 58.7 Å². The second-order valence-corrected chi connectivity index (χ2v) is 11.5. The maximum absolute atomic E-state index is 6.30. The quantitative estimate of drug-likeness (QED) is 0.226. The van der Waals surface area contributed by atoms with Crippen molar-refractivity contribution in [2.75, 3.05) is 27.2 Å². The molecule has 0 aliphatic carbocycles. The van der Waals surface area contributed by atoms with Crippen LogP contribution in [-0.2, 0) is 11.2 Å². The molecule has 0 saturated carbocycles. The molecule has 1 aliphatic rings. The summed E-state index contributed by atoms with van der Waals surface area (Å²) in [4.78, 5) is 11.7. The molecule has 0 N–H and O–H groups in total. The van der Waals surface area contributed by atoms with E-state index in [2.05, 4.69) is 86.5 Å². The first-order valence-electron chi connectivity index (χ1n) is 14.7. The topological polar surface area (TPSA) is 51.9 Å². The Bertz CT molecular complexity index is 1410. The minimum absolute atomic E-state index is 0.249. The highest BCUT2D eigenvalue weighted by atomic mass is 16.5. The molecule has 1 saturated heterocycles. The van der Waals surface area contributed by atoms with Crippen LogP contribution < -0.4 is 4.74 Å². The van der Waals surface area contributed by atoms with Crippen molar-refractivity contribution in [1.29, 1.82) is 0 Å². The second-order valence-electron chi connectivity index (χ2n) is 11.5. The standard InChI is InChI=1S/C33H44N4O2/c1-7-28-24(4)33(26-11-8-10-22(2)39-23(3)18-26)37-30-19-25(12-14-29(30)34-21-31(28)37)27-13-15-32(35-20-27)38-17-9-16-36(5)6/h12-15,19-23,26H,7-11,16-18H2,1-6H3/t22-,23+,26?/m1/s1. The van der Waals surface area contributed by atoms with Crippen LogP contribution in [0.25, 0.3) is 27.7 Å². The van der Waals surface area contributed by atoms with Gasteiger partial charge in [-0.3, -0.25) is 4.98 Å². The first-order chi connectivity index (χ1) is 18.9. The van der Waals surface area contributed by atoms with Crippen molar-refractivity contribution in [2.24, 2.45) is 0 Å². The van der Waals surface area contributed by atoms with Crippen LogP contribution in [0.5, 0.6) is 5.88 Å². The van der Waals surface area contributed by atoms with Gasteiger partial charge in [-0.2, -0.15) is 0 Å². The molecule has 1 aromatic carbocycles. The van der Waals surface area contributed by atoms with Crippen molar-refractivity contribution in [3.05, 3.63) is 59.5 Å². The molecule has 3 atom stereocenters. The number of nitrogens with zero attached hydrogens (tertiary/aromatic N) is 4. The molecule has 4 aromatic rings. The summed E-state index contributed by atoms with van der Waals surface area (Å²) in [5.41, 5.74) is 9.90. The summed E-state index contributed by atoms with van der Waals surface area (Å²) >= 11 is 0. The number of aromatic nitrogens is 3. The maximum atomic E-state index is 6.30. The fraction of sp³-hybridized carbons (Fsp3) is 0.515. The normalized spacial score (nSPS) is 20.4. The van der Waals surface area contributed by atoms with E-state index in [4.69, 9.17) is 14.5 Å². The van der Waals surface area contributed by atoms with Gasteiger partial charge >= 0.3 is 0 Å². The van der Waals surface area contributed by atoms with E-state index in [0.717, 1.165) is 54.4 Å². The van der Waals surface area contributed by atoms with Crippen molar-refractivity contribution in [3.8, 4) is 17.0 Å². The zero-order chi connectivity index (χ0) is 27.5. The van der Waals surface area contributed by atoms with E-state index in [1.165, 1.54) is 35.2 Å². The minimum Gasteiger partial charge on any atom is -0.478 e. The van der Waals surface area contributed by atoms with Gasteiger partial charge in [0.2, 0.25) is 5.88 Å². The van der Waals surface area contributed by atoms with E-state index >= 15 is 0 Å². The molecule has 0 bridgehead atoms. The Morgan fingerprint density at radius 1 is 1.00 bits per heavy atom. The Balaban J connectivity index is 1.53. The molecule has 6 nitrogen and oxygen atoms in total. The lowest BCUT2D eigenvalue weighted by atomic mass is 9.88. The largest absolute Gasteiger partial charge is 0.478 e. The van der Waals surface area contributed by atoms with Crippen LogP contribution in [0.4, 0.5) is 0 Å². The summed E-state index contributed by atoms with van der Waals surface area (Å²) in [7, 11) is 4.15. The molecule has 39 heavy (non-hydrogen) atoms. The van der Waals surface area contributed by atoms with Crippen molar-refractivity contribution in [2.45, 2.75) is 84.3 Å². The predicted molar refractivity (Wildman–Crippen MR) is 160 cm³/mol. The van der Waals surface area contributed by atoms with Crippen molar-refractivity contribution >= 4 is 16.6 Å². The minimum atomic E-state index is 0.249. The van der Waals surface area contributed by atoms with E-state index in [9.17, 15) is 0 Å². The van der Waals surface area contributed by atoms with Crippen molar-refractivity contribution in [1.82, 2.24) is 19.3 Å². The Kier molecular flexibility index (Phi) is 8.53. The molecular weight excluding hydrogens is 484 g/mol. The number of hydrogen-bond acceptors (Lipinski definition) is 5. The number of ether oxygens (including phenoxy) is 2. The third-order valence-corrected chi connectivity index (χ3v) is 8.22. The highest BCUT2D eigenvalue weighted by Crippen LogP contribution is 2.39. The van der Waals surface area contributed by atoms with Gasteiger partial charge < -0.3 is 18.8 Å². The van der Waals surface area contributed by atoms with E-state index in [1.807, 2.05) is 12.3 Å². The predicted octanol–water partition coefficient (Wildman–Crippen LogP) is 7.20.